The first-order chi connectivity index (χ1) is 27.5. The SMILES string of the molecule is CC1CC=Cc2c1oc1cc(-c3nc(-c4cccc(-c5cccc6c5SC5C(c7ccccc7)=CC=CC65C)c4)nc(-c4ccc5ccccc5c4)n3)ccc21. The molecule has 3 heterocycles. The van der Waals surface area contributed by atoms with Crippen LogP contribution in [0.2, 0.25) is 0 Å². The Morgan fingerprint density at radius 3 is 2.20 bits per heavy atom. The van der Waals surface area contributed by atoms with Crippen molar-refractivity contribution in [3.05, 3.63) is 180 Å². The number of aromatic nitrogens is 3. The lowest BCUT2D eigenvalue weighted by atomic mass is 9.73. The largest absolute Gasteiger partial charge is 0.460 e. The second-order valence-corrected chi connectivity index (χ2v) is 16.5. The van der Waals surface area contributed by atoms with E-state index in [1.54, 1.807) is 0 Å². The van der Waals surface area contributed by atoms with E-state index in [0.717, 1.165) is 50.8 Å². The predicted octanol–water partition coefficient (Wildman–Crippen LogP) is 13.3. The number of thioether (sulfide) groups is 1. The maximum Gasteiger partial charge on any atom is 0.164 e. The fourth-order valence-electron chi connectivity index (χ4n) is 8.80. The molecule has 0 saturated carbocycles. The topological polar surface area (TPSA) is 51.8 Å². The van der Waals surface area contributed by atoms with E-state index in [1.807, 2.05) is 11.8 Å². The summed E-state index contributed by atoms with van der Waals surface area (Å²) < 4.78 is 6.49. The van der Waals surface area contributed by atoms with E-state index in [4.69, 9.17) is 19.4 Å². The smallest absolute Gasteiger partial charge is 0.164 e. The molecule has 5 heteroatoms. The molecule has 0 saturated heterocycles. The molecular weight excluding hydrogens is 703 g/mol. The molecule has 56 heavy (non-hydrogen) atoms. The van der Waals surface area contributed by atoms with Crippen molar-refractivity contribution in [3.63, 3.8) is 0 Å². The molecule has 11 rings (SSSR count). The minimum absolute atomic E-state index is 0.117. The van der Waals surface area contributed by atoms with Crippen molar-refractivity contribution >= 4 is 45.2 Å². The molecule has 0 spiro atoms. The zero-order chi connectivity index (χ0) is 37.4. The molecule has 3 atom stereocenters. The molecule has 4 nitrogen and oxygen atoms in total. The van der Waals surface area contributed by atoms with Crippen LogP contribution in [0.15, 0.2) is 167 Å². The standard InChI is InChI=1S/C51H37N3OS/c1-31-12-8-20-42-41-26-25-38(30-44(41)55-45(31)42)50-53-48(52-49(54-50)37-24-23-32-13-6-7-16-34(32)28-37)36-18-9-17-35(29-36)39-19-10-22-43-46(39)56-47-40(21-11-27-51(43,47)2)33-14-4-3-5-15-33/h3-11,13-31,47H,12H2,1-2H3. The quantitative estimate of drug-likeness (QED) is 0.176. The Bertz CT molecular complexity index is 2980. The van der Waals surface area contributed by atoms with Crippen LogP contribution in [0, 0.1) is 0 Å². The fraction of sp³-hybridized carbons (Fsp3) is 0.118. The molecule has 3 aliphatic rings. The van der Waals surface area contributed by atoms with Crippen molar-refractivity contribution in [1.82, 2.24) is 15.0 Å². The van der Waals surface area contributed by atoms with Crippen LogP contribution in [0.5, 0.6) is 0 Å². The highest BCUT2D eigenvalue weighted by atomic mass is 32.2. The number of hydrogen-bond donors (Lipinski definition) is 0. The van der Waals surface area contributed by atoms with Gasteiger partial charge in [0.1, 0.15) is 11.3 Å². The molecule has 1 aliphatic heterocycles. The second kappa shape index (κ2) is 12.9. The van der Waals surface area contributed by atoms with E-state index >= 15 is 0 Å². The van der Waals surface area contributed by atoms with Gasteiger partial charge in [0.2, 0.25) is 0 Å². The van der Waals surface area contributed by atoms with Gasteiger partial charge in [0.05, 0.1) is 0 Å². The zero-order valence-electron chi connectivity index (χ0n) is 31.1. The van der Waals surface area contributed by atoms with E-state index < -0.39 is 0 Å². The van der Waals surface area contributed by atoms with Crippen molar-refractivity contribution in [2.75, 3.05) is 0 Å². The number of fused-ring (bicyclic) bond motifs is 7. The first-order valence-corrected chi connectivity index (χ1v) is 20.2. The molecule has 0 fully saturated rings. The Labute approximate surface area is 330 Å². The van der Waals surface area contributed by atoms with Crippen LogP contribution in [0.4, 0.5) is 0 Å². The van der Waals surface area contributed by atoms with Gasteiger partial charge >= 0.3 is 0 Å². The van der Waals surface area contributed by atoms with E-state index in [0.29, 0.717) is 23.4 Å². The van der Waals surface area contributed by atoms with E-state index in [1.165, 1.54) is 38.1 Å². The molecule has 8 aromatic rings. The summed E-state index contributed by atoms with van der Waals surface area (Å²) >= 11 is 1.98. The predicted molar refractivity (Wildman–Crippen MR) is 231 cm³/mol. The summed E-state index contributed by atoms with van der Waals surface area (Å²) in [5.74, 6) is 3.28. The third-order valence-corrected chi connectivity index (χ3v) is 13.5. The molecular formula is C51H37N3OS. The van der Waals surface area contributed by atoms with Gasteiger partial charge in [-0.3, -0.25) is 0 Å². The lowest BCUT2D eigenvalue weighted by Crippen LogP contribution is -2.31. The molecule has 2 aliphatic carbocycles. The Hall–Kier alpha value is -6.30. The zero-order valence-corrected chi connectivity index (χ0v) is 31.9. The second-order valence-electron chi connectivity index (χ2n) is 15.4. The number of hydrogen-bond acceptors (Lipinski definition) is 5. The van der Waals surface area contributed by atoms with Crippen molar-refractivity contribution in [3.8, 4) is 45.3 Å². The lowest BCUT2D eigenvalue weighted by molar-refractivity contribution is 0.504. The minimum Gasteiger partial charge on any atom is -0.460 e. The third-order valence-electron chi connectivity index (χ3n) is 11.8. The molecule has 3 unspecified atom stereocenters. The molecule has 268 valence electrons. The molecule has 0 N–H and O–H groups in total. The van der Waals surface area contributed by atoms with Crippen LogP contribution in [0.3, 0.4) is 0 Å². The Morgan fingerprint density at radius 1 is 0.661 bits per heavy atom. The van der Waals surface area contributed by atoms with Crippen LogP contribution < -0.4 is 0 Å². The number of rotatable bonds is 5. The summed E-state index contributed by atoms with van der Waals surface area (Å²) in [6.45, 7) is 4.61. The van der Waals surface area contributed by atoms with E-state index in [9.17, 15) is 0 Å². The highest BCUT2D eigenvalue weighted by Crippen LogP contribution is 2.58. The summed E-state index contributed by atoms with van der Waals surface area (Å²) in [6, 6.07) is 47.4. The van der Waals surface area contributed by atoms with Crippen LogP contribution in [-0.4, -0.2) is 20.2 Å². The Morgan fingerprint density at radius 2 is 1.36 bits per heavy atom. The number of allylic oxidation sites excluding steroid dienone is 4. The lowest BCUT2D eigenvalue weighted by Gasteiger charge is -2.33. The van der Waals surface area contributed by atoms with Crippen molar-refractivity contribution < 1.29 is 4.42 Å². The van der Waals surface area contributed by atoms with Crippen molar-refractivity contribution in [2.24, 2.45) is 0 Å². The van der Waals surface area contributed by atoms with Crippen molar-refractivity contribution in [1.29, 1.82) is 0 Å². The Kier molecular flexibility index (Phi) is 7.62. The normalized spacial score (nSPS) is 19.5. The summed E-state index contributed by atoms with van der Waals surface area (Å²) in [4.78, 5) is 16.8. The van der Waals surface area contributed by atoms with Gasteiger partial charge in [-0.25, -0.2) is 15.0 Å². The summed E-state index contributed by atoms with van der Waals surface area (Å²) in [5.41, 5.74) is 11.1. The first kappa shape index (κ1) is 33.1. The summed E-state index contributed by atoms with van der Waals surface area (Å²) in [6.07, 6.45) is 12.3. The van der Waals surface area contributed by atoms with Gasteiger partial charge in [0, 0.05) is 49.1 Å². The summed E-state index contributed by atoms with van der Waals surface area (Å²) in [7, 11) is 0. The van der Waals surface area contributed by atoms with Crippen LogP contribution >= 0.6 is 11.8 Å². The molecule has 6 aromatic carbocycles. The average molecular weight is 740 g/mol. The van der Waals surface area contributed by atoms with Gasteiger partial charge in [-0.2, -0.15) is 0 Å². The average Bonchev–Trinajstić information content (AvgIpc) is 3.79. The van der Waals surface area contributed by atoms with Gasteiger partial charge in [-0.15, -0.1) is 11.8 Å². The van der Waals surface area contributed by atoms with Crippen molar-refractivity contribution in [2.45, 2.75) is 41.7 Å². The highest BCUT2D eigenvalue weighted by molar-refractivity contribution is 8.01. The number of nitrogens with zero attached hydrogens (tertiary/aromatic N) is 3. The van der Waals surface area contributed by atoms with E-state index in [2.05, 4.69) is 178 Å². The first-order valence-electron chi connectivity index (χ1n) is 19.3. The molecule has 0 amide bonds. The molecule has 0 bridgehead atoms. The maximum atomic E-state index is 6.49. The number of furan rings is 1. The minimum atomic E-state index is -0.117. The third kappa shape index (κ3) is 5.33. The van der Waals surface area contributed by atoms with Crippen LogP contribution in [-0.2, 0) is 5.41 Å². The molecule has 2 aromatic heterocycles. The van der Waals surface area contributed by atoms with E-state index in [-0.39, 0.29) is 10.7 Å². The fourth-order valence-corrected chi connectivity index (χ4v) is 10.6. The van der Waals surface area contributed by atoms with Gasteiger partial charge in [0.15, 0.2) is 17.5 Å². The molecule has 0 radical (unpaired) electrons. The van der Waals surface area contributed by atoms with Gasteiger partial charge < -0.3 is 4.42 Å². The maximum absolute atomic E-state index is 6.49. The van der Waals surface area contributed by atoms with Gasteiger partial charge in [0.25, 0.3) is 0 Å². The summed E-state index contributed by atoms with van der Waals surface area (Å²) in [5, 5.41) is 3.72. The van der Waals surface area contributed by atoms with Gasteiger partial charge in [-0.1, -0.05) is 153 Å². The monoisotopic (exact) mass is 739 g/mol. The van der Waals surface area contributed by atoms with Crippen LogP contribution in [0.25, 0.3) is 78.7 Å². The van der Waals surface area contributed by atoms with Crippen LogP contribution in [0.1, 0.15) is 48.6 Å². The Balaban J connectivity index is 1.03. The number of benzene rings is 6. The van der Waals surface area contributed by atoms with Gasteiger partial charge in [-0.05, 0) is 69.3 Å². The highest BCUT2D eigenvalue weighted by Gasteiger charge is 2.46.